The van der Waals surface area contributed by atoms with Gasteiger partial charge in [0.25, 0.3) is 0 Å². The first-order valence-corrected chi connectivity index (χ1v) is 5.68. The number of primary amides is 1. The molecule has 0 aromatic rings. The molecular formula is C12H21NO. The average molecular weight is 195 g/mol. The van der Waals surface area contributed by atoms with Gasteiger partial charge in [0.05, 0.1) is 0 Å². The molecule has 1 rings (SSSR count). The van der Waals surface area contributed by atoms with Crippen LogP contribution in [0, 0.1) is 5.92 Å². The lowest BCUT2D eigenvalue weighted by Gasteiger charge is -2.16. The summed E-state index contributed by atoms with van der Waals surface area (Å²) in [5.41, 5.74) is 5.95. The Hall–Kier alpha value is -0.790. The summed E-state index contributed by atoms with van der Waals surface area (Å²) >= 11 is 0. The van der Waals surface area contributed by atoms with E-state index < -0.39 is 0 Å². The SMILES string of the molecule is C/C(=C\C1CCCCCCC1)C(N)=O. The summed E-state index contributed by atoms with van der Waals surface area (Å²) in [6.07, 6.45) is 11.2. The normalized spacial score (nSPS) is 21.4. The van der Waals surface area contributed by atoms with Crippen molar-refractivity contribution >= 4 is 5.91 Å². The highest BCUT2D eigenvalue weighted by atomic mass is 16.1. The van der Waals surface area contributed by atoms with Crippen molar-refractivity contribution in [2.24, 2.45) is 11.7 Å². The molecule has 1 fully saturated rings. The van der Waals surface area contributed by atoms with E-state index in [1.54, 1.807) is 0 Å². The highest BCUT2D eigenvalue weighted by Gasteiger charge is 2.10. The lowest BCUT2D eigenvalue weighted by Crippen LogP contribution is -2.13. The van der Waals surface area contributed by atoms with Gasteiger partial charge in [-0.15, -0.1) is 0 Å². The van der Waals surface area contributed by atoms with Gasteiger partial charge in [-0.3, -0.25) is 4.79 Å². The van der Waals surface area contributed by atoms with Gasteiger partial charge < -0.3 is 5.73 Å². The van der Waals surface area contributed by atoms with Gasteiger partial charge in [-0.2, -0.15) is 0 Å². The van der Waals surface area contributed by atoms with E-state index >= 15 is 0 Å². The number of amides is 1. The summed E-state index contributed by atoms with van der Waals surface area (Å²) < 4.78 is 0. The van der Waals surface area contributed by atoms with E-state index in [0.29, 0.717) is 5.92 Å². The molecule has 0 aromatic heterocycles. The first-order chi connectivity index (χ1) is 6.70. The topological polar surface area (TPSA) is 43.1 Å². The summed E-state index contributed by atoms with van der Waals surface area (Å²) in [5, 5.41) is 0. The van der Waals surface area contributed by atoms with E-state index in [1.807, 2.05) is 6.92 Å². The van der Waals surface area contributed by atoms with Gasteiger partial charge in [0.15, 0.2) is 0 Å². The van der Waals surface area contributed by atoms with Crippen LogP contribution in [0.25, 0.3) is 0 Å². The number of carbonyl (C=O) groups is 1. The van der Waals surface area contributed by atoms with Crippen LogP contribution in [0.15, 0.2) is 11.6 Å². The molecule has 0 aromatic carbocycles. The van der Waals surface area contributed by atoms with Gasteiger partial charge in [0, 0.05) is 5.57 Å². The zero-order valence-corrected chi connectivity index (χ0v) is 9.09. The first-order valence-electron chi connectivity index (χ1n) is 5.68. The van der Waals surface area contributed by atoms with Crippen molar-refractivity contribution in [3.8, 4) is 0 Å². The van der Waals surface area contributed by atoms with Crippen molar-refractivity contribution in [3.05, 3.63) is 11.6 Å². The van der Waals surface area contributed by atoms with Crippen LogP contribution >= 0.6 is 0 Å². The zero-order chi connectivity index (χ0) is 10.4. The van der Waals surface area contributed by atoms with Crippen molar-refractivity contribution in [1.29, 1.82) is 0 Å². The van der Waals surface area contributed by atoms with Gasteiger partial charge in [-0.25, -0.2) is 0 Å². The highest BCUT2D eigenvalue weighted by Crippen LogP contribution is 2.23. The van der Waals surface area contributed by atoms with E-state index in [2.05, 4.69) is 6.08 Å². The predicted octanol–water partition coefficient (Wildman–Crippen LogP) is 2.78. The van der Waals surface area contributed by atoms with Crippen LogP contribution in [-0.4, -0.2) is 5.91 Å². The number of nitrogens with two attached hydrogens (primary N) is 1. The molecule has 0 saturated heterocycles. The van der Waals surface area contributed by atoms with Crippen LogP contribution in [0.2, 0.25) is 0 Å². The molecule has 1 amide bonds. The fourth-order valence-electron chi connectivity index (χ4n) is 2.09. The smallest absolute Gasteiger partial charge is 0.244 e. The van der Waals surface area contributed by atoms with Crippen LogP contribution in [0.1, 0.15) is 51.9 Å². The molecular weight excluding hydrogens is 174 g/mol. The molecule has 1 aliphatic carbocycles. The molecule has 0 radical (unpaired) electrons. The van der Waals surface area contributed by atoms with Crippen LogP contribution < -0.4 is 5.73 Å². The van der Waals surface area contributed by atoms with Crippen LogP contribution in [0.3, 0.4) is 0 Å². The average Bonchev–Trinajstić information content (AvgIpc) is 2.08. The Morgan fingerprint density at radius 1 is 1.14 bits per heavy atom. The first kappa shape index (κ1) is 11.3. The minimum absolute atomic E-state index is 0.271. The van der Waals surface area contributed by atoms with Gasteiger partial charge in [0.2, 0.25) is 5.91 Å². The third-order valence-corrected chi connectivity index (χ3v) is 3.02. The van der Waals surface area contributed by atoms with Crippen molar-refractivity contribution in [2.45, 2.75) is 51.9 Å². The Bertz CT molecular complexity index is 212. The Labute approximate surface area is 86.6 Å². The second-order valence-corrected chi connectivity index (χ2v) is 4.32. The van der Waals surface area contributed by atoms with Gasteiger partial charge >= 0.3 is 0 Å². The predicted molar refractivity (Wildman–Crippen MR) is 58.8 cm³/mol. The Balaban J connectivity index is 2.48. The molecule has 80 valence electrons. The minimum Gasteiger partial charge on any atom is -0.366 e. The number of allylic oxidation sites excluding steroid dienone is 1. The molecule has 0 heterocycles. The van der Waals surface area contributed by atoms with E-state index in [9.17, 15) is 4.79 Å². The Morgan fingerprint density at radius 3 is 2.14 bits per heavy atom. The van der Waals surface area contributed by atoms with Crippen LogP contribution in [0.4, 0.5) is 0 Å². The molecule has 0 bridgehead atoms. The lowest BCUT2D eigenvalue weighted by molar-refractivity contribution is -0.114. The fourth-order valence-corrected chi connectivity index (χ4v) is 2.09. The van der Waals surface area contributed by atoms with Gasteiger partial charge in [-0.05, 0) is 25.7 Å². The quantitative estimate of drug-likeness (QED) is 0.676. The van der Waals surface area contributed by atoms with Crippen molar-refractivity contribution in [2.75, 3.05) is 0 Å². The summed E-state index contributed by atoms with van der Waals surface area (Å²) in [4.78, 5) is 10.9. The second kappa shape index (κ2) is 5.84. The van der Waals surface area contributed by atoms with E-state index in [-0.39, 0.29) is 5.91 Å². The Kier molecular flexibility index (Phi) is 4.71. The number of carbonyl (C=O) groups excluding carboxylic acids is 1. The Morgan fingerprint density at radius 2 is 1.64 bits per heavy atom. The molecule has 2 nitrogen and oxygen atoms in total. The summed E-state index contributed by atoms with van der Waals surface area (Å²) in [6.45, 7) is 1.82. The molecule has 14 heavy (non-hydrogen) atoms. The molecule has 1 saturated carbocycles. The van der Waals surface area contributed by atoms with E-state index in [1.165, 1.54) is 44.9 Å². The summed E-state index contributed by atoms with van der Waals surface area (Å²) in [7, 11) is 0. The number of rotatable bonds is 2. The molecule has 0 atom stereocenters. The maximum atomic E-state index is 10.9. The fraction of sp³-hybridized carbons (Fsp3) is 0.750. The maximum Gasteiger partial charge on any atom is 0.244 e. The maximum absolute atomic E-state index is 10.9. The highest BCUT2D eigenvalue weighted by molar-refractivity contribution is 5.91. The molecule has 0 unspecified atom stereocenters. The van der Waals surface area contributed by atoms with Crippen molar-refractivity contribution in [3.63, 3.8) is 0 Å². The third-order valence-electron chi connectivity index (χ3n) is 3.02. The number of hydrogen-bond acceptors (Lipinski definition) is 1. The zero-order valence-electron chi connectivity index (χ0n) is 9.09. The molecule has 1 aliphatic rings. The molecule has 0 spiro atoms. The molecule has 0 aliphatic heterocycles. The number of hydrogen-bond donors (Lipinski definition) is 1. The minimum atomic E-state index is -0.271. The second-order valence-electron chi connectivity index (χ2n) is 4.32. The molecule has 2 heteroatoms. The summed E-state index contributed by atoms with van der Waals surface area (Å²) in [6, 6.07) is 0. The van der Waals surface area contributed by atoms with Gasteiger partial charge in [-0.1, -0.05) is 38.2 Å². The van der Waals surface area contributed by atoms with Crippen molar-refractivity contribution < 1.29 is 4.79 Å². The van der Waals surface area contributed by atoms with Crippen molar-refractivity contribution in [1.82, 2.24) is 0 Å². The van der Waals surface area contributed by atoms with E-state index in [0.717, 1.165) is 5.57 Å². The van der Waals surface area contributed by atoms with Crippen LogP contribution in [0.5, 0.6) is 0 Å². The standard InChI is InChI=1S/C12H21NO/c1-10(12(13)14)9-11-7-5-3-2-4-6-8-11/h9,11H,2-8H2,1H3,(H2,13,14)/b10-9+. The monoisotopic (exact) mass is 195 g/mol. The van der Waals surface area contributed by atoms with Gasteiger partial charge in [0.1, 0.15) is 0 Å². The summed E-state index contributed by atoms with van der Waals surface area (Å²) in [5.74, 6) is 0.315. The third kappa shape index (κ3) is 3.95. The lowest BCUT2D eigenvalue weighted by atomic mass is 9.90. The molecule has 2 N–H and O–H groups in total. The largest absolute Gasteiger partial charge is 0.366 e. The van der Waals surface area contributed by atoms with E-state index in [4.69, 9.17) is 5.73 Å². The van der Waals surface area contributed by atoms with Crippen LogP contribution in [-0.2, 0) is 4.79 Å².